The molecule has 0 aliphatic carbocycles. The zero-order valence-electron chi connectivity index (χ0n) is 8.70. The van der Waals surface area contributed by atoms with Crippen molar-refractivity contribution in [1.29, 1.82) is 5.26 Å². The molecule has 74 valence electrons. The first-order chi connectivity index (χ1) is 6.83. The summed E-state index contributed by atoms with van der Waals surface area (Å²) < 4.78 is 0. The van der Waals surface area contributed by atoms with Gasteiger partial charge in [-0.15, -0.1) is 0 Å². The quantitative estimate of drug-likeness (QED) is 0.729. The highest BCUT2D eigenvalue weighted by molar-refractivity contribution is 5.53. The van der Waals surface area contributed by atoms with Gasteiger partial charge in [-0.05, 0) is 25.5 Å². The first-order valence-corrected chi connectivity index (χ1v) is 4.93. The molecule has 0 unspecified atom stereocenters. The van der Waals surface area contributed by atoms with Crippen LogP contribution in [0.1, 0.15) is 25.8 Å². The average Bonchev–Trinajstić information content (AvgIpc) is 2.26. The van der Waals surface area contributed by atoms with E-state index in [1.165, 1.54) is 0 Å². The van der Waals surface area contributed by atoms with Crippen LogP contribution in [-0.4, -0.2) is 18.1 Å². The van der Waals surface area contributed by atoms with Crippen molar-refractivity contribution in [2.24, 2.45) is 0 Å². The molecular weight excluding hydrogens is 174 g/mol. The van der Waals surface area contributed by atoms with Gasteiger partial charge in [-0.3, -0.25) is 0 Å². The molecule has 0 N–H and O–H groups in total. The predicted octanol–water partition coefficient (Wildman–Crippen LogP) is 2.19. The lowest BCUT2D eigenvalue weighted by Gasteiger charge is -2.21. The molecule has 0 aliphatic heterocycles. The summed E-state index contributed by atoms with van der Waals surface area (Å²) in [6.45, 7) is 6.03. The molecule has 0 radical (unpaired) electrons. The summed E-state index contributed by atoms with van der Waals surface area (Å²) in [6, 6.07) is 5.76. The summed E-state index contributed by atoms with van der Waals surface area (Å²) in [7, 11) is 0. The van der Waals surface area contributed by atoms with E-state index in [1.54, 1.807) is 18.3 Å². The Balaban J connectivity index is 2.97. The summed E-state index contributed by atoms with van der Waals surface area (Å²) in [5.74, 6) is 0.805. The van der Waals surface area contributed by atoms with Gasteiger partial charge in [-0.25, -0.2) is 4.98 Å². The zero-order chi connectivity index (χ0) is 10.4. The van der Waals surface area contributed by atoms with Gasteiger partial charge in [0.15, 0.2) is 0 Å². The van der Waals surface area contributed by atoms with Crippen molar-refractivity contribution in [2.45, 2.75) is 20.3 Å². The molecule has 1 aromatic heterocycles. The van der Waals surface area contributed by atoms with E-state index in [2.05, 4.69) is 29.8 Å². The molecule has 0 spiro atoms. The molecule has 0 bridgehead atoms. The summed E-state index contributed by atoms with van der Waals surface area (Å²) in [4.78, 5) is 6.37. The van der Waals surface area contributed by atoms with E-state index in [-0.39, 0.29) is 0 Å². The standard InChI is InChI=1S/C11H15N3/c1-3-8-14(4-2)11-10(9-12)6-5-7-13-11/h5-7H,3-4,8H2,1-2H3. The Morgan fingerprint density at radius 3 is 2.86 bits per heavy atom. The number of pyridine rings is 1. The van der Waals surface area contributed by atoms with Crippen LogP contribution in [0.2, 0.25) is 0 Å². The Bertz CT molecular complexity index is 328. The van der Waals surface area contributed by atoms with Crippen molar-refractivity contribution in [3.05, 3.63) is 23.9 Å². The van der Waals surface area contributed by atoms with Crippen LogP contribution in [0.15, 0.2) is 18.3 Å². The lowest BCUT2D eigenvalue weighted by atomic mass is 10.2. The highest BCUT2D eigenvalue weighted by atomic mass is 15.2. The summed E-state index contributed by atoms with van der Waals surface area (Å²) in [5, 5.41) is 8.91. The number of rotatable bonds is 4. The molecule has 0 aromatic carbocycles. The number of aromatic nitrogens is 1. The van der Waals surface area contributed by atoms with Crippen LogP contribution >= 0.6 is 0 Å². The molecule has 0 aliphatic rings. The minimum atomic E-state index is 0.655. The molecular formula is C11H15N3. The maximum absolute atomic E-state index is 8.91. The highest BCUT2D eigenvalue weighted by Gasteiger charge is 2.08. The molecule has 1 heterocycles. The summed E-state index contributed by atoms with van der Waals surface area (Å²) in [5.41, 5.74) is 0.655. The molecule has 3 nitrogen and oxygen atoms in total. The molecule has 0 amide bonds. The van der Waals surface area contributed by atoms with Crippen molar-refractivity contribution in [3.8, 4) is 6.07 Å². The SMILES string of the molecule is CCCN(CC)c1ncccc1C#N. The molecule has 0 atom stereocenters. The van der Waals surface area contributed by atoms with Gasteiger partial charge in [-0.1, -0.05) is 6.92 Å². The Hall–Kier alpha value is -1.56. The van der Waals surface area contributed by atoms with Crippen LogP contribution in [0.4, 0.5) is 5.82 Å². The fourth-order valence-corrected chi connectivity index (χ4v) is 1.42. The molecule has 0 saturated heterocycles. The smallest absolute Gasteiger partial charge is 0.146 e. The molecule has 1 rings (SSSR count). The zero-order valence-corrected chi connectivity index (χ0v) is 8.70. The first kappa shape index (κ1) is 10.5. The van der Waals surface area contributed by atoms with Gasteiger partial charge in [0.1, 0.15) is 11.9 Å². The number of nitriles is 1. The first-order valence-electron chi connectivity index (χ1n) is 4.93. The second-order valence-electron chi connectivity index (χ2n) is 3.07. The van der Waals surface area contributed by atoms with E-state index in [9.17, 15) is 0 Å². The molecule has 0 saturated carbocycles. The Labute approximate surface area is 85.0 Å². The number of hydrogen-bond acceptors (Lipinski definition) is 3. The Morgan fingerprint density at radius 2 is 2.29 bits per heavy atom. The van der Waals surface area contributed by atoms with Crippen LogP contribution in [-0.2, 0) is 0 Å². The topological polar surface area (TPSA) is 39.9 Å². The van der Waals surface area contributed by atoms with Crippen molar-refractivity contribution in [1.82, 2.24) is 4.98 Å². The number of hydrogen-bond donors (Lipinski definition) is 0. The average molecular weight is 189 g/mol. The summed E-state index contributed by atoms with van der Waals surface area (Å²) in [6.07, 6.45) is 2.80. The minimum absolute atomic E-state index is 0.655. The van der Waals surface area contributed by atoms with E-state index >= 15 is 0 Å². The third-order valence-electron chi connectivity index (χ3n) is 2.08. The predicted molar refractivity (Wildman–Crippen MR) is 57.1 cm³/mol. The largest absolute Gasteiger partial charge is 0.356 e. The fourth-order valence-electron chi connectivity index (χ4n) is 1.42. The lowest BCUT2D eigenvalue weighted by Crippen LogP contribution is -2.25. The second-order valence-corrected chi connectivity index (χ2v) is 3.07. The molecule has 14 heavy (non-hydrogen) atoms. The maximum atomic E-state index is 8.91. The van der Waals surface area contributed by atoms with Gasteiger partial charge in [0, 0.05) is 19.3 Å². The van der Waals surface area contributed by atoms with Crippen LogP contribution in [0.3, 0.4) is 0 Å². The van der Waals surface area contributed by atoms with Crippen molar-refractivity contribution in [2.75, 3.05) is 18.0 Å². The van der Waals surface area contributed by atoms with Gasteiger partial charge in [0.05, 0.1) is 5.56 Å². The van der Waals surface area contributed by atoms with Crippen molar-refractivity contribution >= 4 is 5.82 Å². The van der Waals surface area contributed by atoms with E-state index in [1.807, 2.05) is 0 Å². The van der Waals surface area contributed by atoms with Crippen LogP contribution in [0, 0.1) is 11.3 Å². The molecule has 1 aromatic rings. The van der Waals surface area contributed by atoms with Crippen molar-refractivity contribution < 1.29 is 0 Å². The number of anilines is 1. The summed E-state index contributed by atoms with van der Waals surface area (Å²) >= 11 is 0. The van der Waals surface area contributed by atoms with Crippen molar-refractivity contribution in [3.63, 3.8) is 0 Å². The molecule has 3 heteroatoms. The van der Waals surface area contributed by atoms with Crippen LogP contribution in [0.25, 0.3) is 0 Å². The van der Waals surface area contributed by atoms with Gasteiger partial charge in [0.25, 0.3) is 0 Å². The normalized spacial score (nSPS) is 9.50. The Morgan fingerprint density at radius 1 is 1.50 bits per heavy atom. The number of nitrogens with zero attached hydrogens (tertiary/aromatic N) is 3. The third-order valence-corrected chi connectivity index (χ3v) is 2.08. The lowest BCUT2D eigenvalue weighted by molar-refractivity contribution is 0.777. The van der Waals surface area contributed by atoms with E-state index in [0.717, 1.165) is 25.3 Å². The van der Waals surface area contributed by atoms with Gasteiger partial charge in [0.2, 0.25) is 0 Å². The van der Waals surface area contributed by atoms with Crippen LogP contribution < -0.4 is 4.90 Å². The minimum Gasteiger partial charge on any atom is -0.356 e. The monoisotopic (exact) mass is 189 g/mol. The van der Waals surface area contributed by atoms with Gasteiger partial charge < -0.3 is 4.90 Å². The highest BCUT2D eigenvalue weighted by Crippen LogP contribution is 2.15. The second kappa shape index (κ2) is 5.23. The Kier molecular flexibility index (Phi) is 3.93. The fraction of sp³-hybridized carbons (Fsp3) is 0.455. The molecule has 0 fully saturated rings. The van der Waals surface area contributed by atoms with E-state index in [4.69, 9.17) is 5.26 Å². The van der Waals surface area contributed by atoms with Gasteiger partial charge >= 0.3 is 0 Å². The van der Waals surface area contributed by atoms with E-state index < -0.39 is 0 Å². The maximum Gasteiger partial charge on any atom is 0.146 e. The third kappa shape index (κ3) is 2.23. The van der Waals surface area contributed by atoms with Gasteiger partial charge in [-0.2, -0.15) is 5.26 Å². The van der Waals surface area contributed by atoms with Crippen LogP contribution in [0.5, 0.6) is 0 Å². The van der Waals surface area contributed by atoms with E-state index in [0.29, 0.717) is 5.56 Å².